The van der Waals surface area contributed by atoms with Crippen LogP contribution < -0.4 is 10.2 Å². The molecule has 0 atom stereocenters. The molecule has 1 amide bonds. The summed E-state index contributed by atoms with van der Waals surface area (Å²) in [4.78, 5) is 30.3. The summed E-state index contributed by atoms with van der Waals surface area (Å²) in [5.74, 6) is 4.45. The van der Waals surface area contributed by atoms with Gasteiger partial charge in [0.2, 0.25) is 0 Å². The van der Waals surface area contributed by atoms with Gasteiger partial charge in [0.1, 0.15) is 34.8 Å². The van der Waals surface area contributed by atoms with Crippen LogP contribution in [0.2, 0.25) is 0 Å². The first-order valence-corrected chi connectivity index (χ1v) is 10.1. The number of carbonyl (C=O) groups is 1. The number of anilines is 3. The molecular weight excluding hydrogens is 380 g/mol. The fourth-order valence-electron chi connectivity index (χ4n) is 3.67. The van der Waals surface area contributed by atoms with Crippen molar-refractivity contribution in [3.8, 4) is 0 Å². The number of hydrogen-bond acceptors (Lipinski definition) is 7. The van der Waals surface area contributed by atoms with Crippen LogP contribution in [0.3, 0.4) is 0 Å². The van der Waals surface area contributed by atoms with Crippen LogP contribution in [0.5, 0.6) is 0 Å². The first kappa shape index (κ1) is 19.9. The van der Waals surface area contributed by atoms with Gasteiger partial charge in [-0.3, -0.25) is 4.79 Å². The Balaban J connectivity index is 1.45. The zero-order valence-electron chi connectivity index (χ0n) is 17.8. The van der Waals surface area contributed by atoms with Gasteiger partial charge in [-0.2, -0.15) is 0 Å². The molecule has 3 aromatic rings. The van der Waals surface area contributed by atoms with Crippen LogP contribution in [0, 0.1) is 27.7 Å². The molecule has 8 heteroatoms. The van der Waals surface area contributed by atoms with E-state index in [4.69, 9.17) is 4.42 Å². The minimum Gasteiger partial charge on any atom is -0.466 e. The van der Waals surface area contributed by atoms with E-state index in [0.717, 1.165) is 23.0 Å². The summed E-state index contributed by atoms with van der Waals surface area (Å²) in [5.41, 5.74) is 1.78. The van der Waals surface area contributed by atoms with Gasteiger partial charge in [0.25, 0.3) is 5.91 Å². The normalized spacial score (nSPS) is 14.1. The van der Waals surface area contributed by atoms with Crippen LogP contribution in [0.4, 0.5) is 17.5 Å². The zero-order chi connectivity index (χ0) is 21.3. The molecule has 1 aliphatic heterocycles. The van der Waals surface area contributed by atoms with E-state index >= 15 is 0 Å². The van der Waals surface area contributed by atoms with Gasteiger partial charge in [-0.05, 0) is 51.5 Å². The minimum atomic E-state index is 0.0238. The number of pyridine rings is 1. The SMILES string of the molecule is Cc1ccnc(Nc2cc(N3CCN(C(=O)c4cc(C)oc4C)CC3)nc(C)n2)c1. The number of hydrogen-bond donors (Lipinski definition) is 1. The summed E-state index contributed by atoms with van der Waals surface area (Å²) in [6.45, 7) is 10.3. The lowest BCUT2D eigenvalue weighted by Gasteiger charge is -2.35. The van der Waals surface area contributed by atoms with E-state index in [2.05, 4.69) is 25.2 Å². The van der Waals surface area contributed by atoms with Crippen molar-refractivity contribution >= 4 is 23.4 Å². The molecular formula is C22H26N6O2. The lowest BCUT2D eigenvalue weighted by Crippen LogP contribution is -2.49. The maximum absolute atomic E-state index is 12.8. The van der Waals surface area contributed by atoms with E-state index in [1.807, 2.05) is 56.9 Å². The second-order valence-corrected chi connectivity index (χ2v) is 7.61. The van der Waals surface area contributed by atoms with Crippen LogP contribution in [-0.4, -0.2) is 51.9 Å². The standard InChI is InChI=1S/C22H26N6O2/c1-14-5-6-23-19(11-14)26-20-13-21(25-17(4)24-20)27-7-9-28(10-8-27)22(29)18-12-15(2)30-16(18)3/h5-6,11-13H,7-10H2,1-4H3,(H,23,24,25,26). The lowest BCUT2D eigenvalue weighted by atomic mass is 10.2. The van der Waals surface area contributed by atoms with E-state index in [9.17, 15) is 4.79 Å². The number of furan rings is 1. The Kier molecular flexibility index (Phi) is 5.39. The van der Waals surface area contributed by atoms with Crippen molar-refractivity contribution in [2.75, 3.05) is 36.4 Å². The smallest absolute Gasteiger partial charge is 0.257 e. The first-order valence-electron chi connectivity index (χ1n) is 10.1. The van der Waals surface area contributed by atoms with Crippen LogP contribution in [0.1, 0.15) is 33.3 Å². The molecule has 4 heterocycles. The average molecular weight is 406 g/mol. The highest BCUT2D eigenvalue weighted by atomic mass is 16.3. The molecule has 0 aliphatic carbocycles. The predicted molar refractivity (Wildman–Crippen MR) is 115 cm³/mol. The molecule has 0 radical (unpaired) electrons. The van der Waals surface area contributed by atoms with Gasteiger partial charge < -0.3 is 19.5 Å². The Morgan fingerprint density at radius 3 is 2.43 bits per heavy atom. The topological polar surface area (TPSA) is 87.4 Å². The Hall–Kier alpha value is -3.42. The van der Waals surface area contributed by atoms with Crippen LogP contribution in [0.15, 0.2) is 34.9 Å². The monoisotopic (exact) mass is 406 g/mol. The highest BCUT2D eigenvalue weighted by Gasteiger charge is 2.25. The lowest BCUT2D eigenvalue weighted by molar-refractivity contribution is 0.0744. The summed E-state index contributed by atoms with van der Waals surface area (Å²) in [5, 5.41) is 3.26. The minimum absolute atomic E-state index is 0.0238. The molecule has 1 saturated heterocycles. The van der Waals surface area contributed by atoms with Crippen molar-refractivity contribution < 1.29 is 9.21 Å². The second-order valence-electron chi connectivity index (χ2n) is 7.61. The number of rotatable bonds is 4. The van der Waals surface area contributed by atoms with Gasteiger partial charge in [0.05, 0.1) is 5.56 Å². The number of aryl methyl sites for hydroxylation is 4. The van der Waals surface area contributed by atoms with Crippen LogP contribution in [-0.2, 0) is 0 Å². The van der Waals surface area contributed by atoms with E-state index < -0.39 is 0 Å². The Morgan fingerprint density at radius 2 is 1.77 bits per heavy atom. The number of nitrogens with zero attached hydrogens (tertiary/aromatic N) is 5. The Bertz CT molecular complexity index is 1070. The summed E-state index contributed by atoms with van der Waals surface area (Å²) in [6.07, 6.45) is 1.77. The maximum atomic E-state index is 12.8. The van der Waals surface area contributed by atoms with Gasteiger partial charge >= 0.3 is 0 Å². The molecule has 1 aliphatic rings. The van der Waals surface area contributed by atoms with Gasteiger partial charge in [-0.15, -0.1) is 0 Å². The van der Waals surface area contributed by atoms with Gasteiger partial charge in [0.15, 0.2) is 0 Å². The molecule has 3 aromatic heterocycles. The third-order valence-electron chi connectivity index (χ3n) is 5.16. The highest BCUT2D eigenvalue weighted by molar-refractivity contribution is 5.95. The average Bonchev–Trinajstić information content (AvgIpc) is 3.05. The molecule has 0 bridgehead atoms. The van der Waals surface area contributed by atoms with E-state index in [1.54, 1.807) is 6.20 Å². The zero-order valence-corrected chi connectivity index (χ0v) is 17.8. The number of nitrogens with one attached hydrogen (secondary N) is 1. The number of carbonyl (C=O) groups excluding carboxylic acids is 1. The van der Waals surface area contributed by atoms with Gasteiger partial charge in [0, 0.05) is 38.4 Å². The third kappa shape index (κ3) is 4.27. The van der Waals surface area contributed by atoms with Crippen molar-refractivity contribution in [3.05, 3.63) is 58.9 Å². The molecule has 30 heavy (non-hydrogen) atoms. The van der Waals surface area contributed by atoms with Gasteiger partial charge in [-0.1, -0.05) is 0 Å². The van der Waals surface area contributed by atoms with Crippen molar-refractivity contribution in [1.82, 2.24) is 19.9 Å². The quantitative estimate of drug-likeness (QED) is 0.710. The molecule has 0 aromatic carbocycles. The van der Waals surface area contributed by atoms with Crippen molar-refractivity contribution in [2.24, 2.45) is 0 Å². The molecule has 1 N–H and O–H groups in total. The molecule has 156 valence electrons. The van der Waals surface area contributed by atoms with E-state index in [-0.39, 0.29) is 5.91 Å². The van der Waals surface area contributed by atoms with Crippen LogP contribution >= 0.6 is 0 Å². The second kappa shape index (κ2) is 8.14. The number of piperazine rings is 1. The van der Waals surface area contributed by atoms with Crippen molar-refractivity contribution in [1.29, 1.82) is 0 Å². The fourth-order valence-corrected chi connectivity index (χ4v) is 3.67. The fraction of sp³-hybridized carbons (Fsp3) is 0.364. The van der Waals surface area contributed by atoms with Gasteiger partial charge in [-0.25, -0.2) is 15.0 Å². The van der Waals surface area contributed by atoms with E-state index in [1.165, 1.54) is 0 Å². The molecule has 0 saturated carbocycles. The Morgan fingerprint density at radius 1 is 1.00 bits per heavy atom. The van der Waals surface area contributed by atoms with Crippen molar-refractivity contribution in [2.45, 2.75) is 27.7 Å². The molecule has 0 unspecified atom stereocenters. The third-order valence-corrected chi connectivity index (χ3v) is 5.16. The first-order chi connectivity index (χ1) is 14.4. The Labute approximate surface area is 176 Å². The maximum Gasteiger partial charge on any atom is 0.257 e. The molecule has 4 rings (SSSR count). The summed E-state index contributed by atoms with van der Waals surface area (Å²) < 4.78 is 5.51. The summed E-state index contributed by atoms with van der Waals surface area (Å²) in [6, 6.07) is 7.67. The number of aromatic nitrogens is 3. The van der Waals surface area contributed by atoms with E-state index in [0.29, 0.717) is 49.1 Å². The highest BCUT2D eigenvalue weighted by Crippen LogP contribution is 2.22. The molecule has 0 spiro atoms. The van der Waals surface area contributed by atoms with Crippen molar-refractivity contribution in [3.63, 3.8) is 0 Å². The largest absolute Gasteiger partial charge is 0.466 e. The number of amides is 1. The predicted octanol–water partition coefficient (Wildman–Crippen LogP) is 3.40. The molecule has 8 nitrogen and oxygen atoms in total. The van der Waals surface area contributed by atoms with Crippen LogP contribution in [0.25, 0.3) is 0 Å². The summed E-state index contributed by atoms with van der Waals surface area (Å²) in [7, 11) is 0. The summed E-state index contributed by atoms with van der Waals surface area (Å²) >= 11 is 0. The molecule has 1 fully saturated rings.